The first-order valence-corrected chi connectivity index (χ1v) is 3.40. The number of carbonyl (C=O) groups is 2. The summed E-state index contributed by atoms with van der Waals surface area (Å²) in [4.78, 5) is 24.2. The molecule has 0 aliphatic heterocycles. The summed E-state index contributed by atoms with van der Waals surface area (Å²) in [6, 6.07) is 0. The highest BCUT2D eigenvalue weighted by molar-refractivity contribution is 5.67. The van der Waals surface area contributed by atoms with Gasteiger partial charge in [-0.05, 0) is 12.8 Å². The number of aldehydes is 1. The Bertz CT molecular complexity index is 154. The Morgan fingerprint density at radius 2 is 2.27 bits per heavy atom. The Hall–Kier alpha value is -1.19. The molecule has 0 bridgehead atoms. The van der Waals surface area contributed by atoms with Crippen LogP contribution in [0.5, 0.6) is 0 Å². The van der Waals surface area contributed by atoms with E-state index in [1.807, 2.05) is 0 Å². The van der Waals surface area contributed by atoms with Crippen molar-refractivity contribution in [2.24, 2.45) is 5.16 Å². The van der Waals surface area contributed by atoms with Crippen molar-refractivity contribution in [3.63, 3.8) is 0 Å². The summed E-state index contributed by atoms with van der Waals surface area (Å²) >= 11 is 0. The maximum atomic E-state index is 10.1. The highest BCUT2D eigenvalue weighted by Crippen LogP contribution is 1.88. The van der Waals surface area contributed by atoms with E-state index in [2.05, 4.69) is 9.99 Å². The van der Waals surface area contributed by atoms with Crippen LogP contribution in [0, 0.1) is 0 Å². The van der Waals surface area contributed by atoms with Gasteiger partial charge in [0, 0.05) is 19.6 Å². The van der Waals surface area contributed by atoms with Crippen LogP contribution < -0.4 is 0 Å². The van der Waals surface area contributed by atoms with Gasteiger partial charge in [-0.3, -0.25) is 0 Å². The summed E-state index contributed by atoms with van der Waals surface area (Å²) in [6.45, 7) is 1.28. The molecule has 0 aliphatic rings. The van der Waals surface area contributed by atoms with E-state index in [1.54, 1.807) is 0 Å². The molecule has 0 aromatic heterocycles. The third-order valence-electron chi connectivity index (χ3n) is 0.911. The van der Waals surface area contributed by atoms with Gasteiger partial charge in [0.1, 0.15) is 6.29 Å². The first kappa shape index (κ1) is 9.81. The van der Waals surface area contributed by atoms with Crippen LogP contribution in [-0.4, -0.2) is 18.5 Å². The first-order chi connectivity index (χ1) is 5.27. The Morgan fingerprint density at radius 3 is 2.82 bits per heavy atom. The van der Waals surface area contributed by atoms with Crippen molar-refractivity contribution in [3.8, 4) is 0 Å². The van der Waals surface area contributed by atoms with Crippen molar-refractivity contribution < 1.29 is 14.4 Å². The average Bonchev–Trinajstić information content (AvgIpc) is 1.96. The van der Waals surface area contributed by atoms with Crippen molar-refractivity contribution in [3.05, 3.63) is 0 Å². The zero-order valence-corrected chi connectivity index (χ0v) is 6.45. The van der Waals surface area contributed by atoms with E-state index < -0.39 is 5.97 Å². The maximum Gasteiger partial charge on any atom is 0.331 e. The Labute approximate surface area is 65.2 Å². The zero-order valence-electron chi connectivity index (χ0n) is 6.45. The summed E-state index contributed by atoms with van der Waals surface area (Å²) in [5, 5.41) is 3.35. The predicted molar refractivity (Wildman–Crippen MR) is 40.2 cm³/mol. The van der Waals surface area contributed by atoms with Gasteiger partial charge < -0.3 is 9.63 Å². The minimum Gasteiger partial charge on any atom is -0.319 e. The molecule has 0 amide bonds. The molecule has 62 valence electrons. The predicted octanol–water partition coefficient (Wildman–Crippen LogP) is 0.905. The summed E-state index contributed by atoms with van der Waals surface area (Å²) in [5.74, 6) is -0.434. The number of nitrogens with zero attached hydrogens (tertiary/aromatic N) is 1. The van der Waals surface area contributed by atoms with Crippen LogP contribution >= 0.6 is 0 Å². The minimum absolute atomic E-state index is 0.434. The van der Waals surface area contributed by atoms with Gasteiger partial charge in [0.2, 0.25) is 0 Å². The quantitative estimate of drug-likeness (QED) is 0.196. The fraction of sp³-hybridized carbons (Fsp3) is 0.571. The third-order valence-corrected chi connectivity index (χ3v) is 0.911. The van der Waals surface area contributed by atoms with E-state index in [0.717, 1.165) is 12.7 Å². The van der Waals surface area contributed by atoms with Crippen LogP contribution in [0.1, 0.15) is 26.2 Å². The maximum absolute atomic E-state index is 10.1. The van der Waals surface area contributed by atoms with Crippen LogP contribution in [-0.2, 0) is 14.4 Å². The number of unbranched alkanes of at least 4 members (excludes halogenated alkanes) is 2. The lowest BCUT2D eigenvalue weighted by molar-refractivity contribution is -0.140. The highest BCUT2D eigenvalue weighted by atomic mass is 16.7. The lowest BCUT2D eigenvalue weighted by Crippen LogP contribution is -1.91. The largest absolute Gasteiger partial charge is 0.331 e. The summed E-state index contributed by atoms with van der Waals surface area (Å²) in [5.41, 5.74) is 0. The fourth-order valence-corrected chi connectivity index (χ4v) is 0.457. The van der Waals surface area contributed by atoms with E-state index in [1.165, 1.54) is 13.1 Å². The topological polar surface area (TPSA) is 55.7 Å². The van der Waals surface area contributed by atoms with Gasteiger partial charge >= 0.3 is 5.97 Å². The van der Waals surface area contributed by atoms with Crippen LogP contribution in [0.25, 0.3) is 0 Å². The van der Waals surface area contributed by atoms with Crippen LogP contribution in [0.3, 0.4) is 0 Å². The molecule has 4 nitrogen and oxygen atoms in total. The summed E-state index contributed by atoms with van der Waals surface area (Å²) < 4.78 is 0. The molecule has 0 spiro atoms. The van der Waals surface area contributed by atoms with E-state index in [9.17, 15) is 9.59 Å². The second kappa shape index (κ2) is 6.92. The SMILES string of the molecule is CC(=O)O/N=C/CCCC=O. The highest BCUT2D eigenvalue weighted by Gasteiger charge is 1.86. The van der Waals surface area contributed by atoms with Gasteiger partial charge in [-0.15, -0.1) is 0 Å². The average molecular weight is 157 g/mol. The molecule has 0 aliphatic carbocycles. The smallest absolute Gasteiger partial charge is 0.319 e. The molecule has 0 N–H and O–H groups in total. The number of carbonyl (C=O) groups excluding carboxylic acids is 2. The number of hydrogen-bond donors (Lipinski definition) is 0. The van der Waals surface area contributed by atoms with Gasteiger partial charge in [-0.2, -0.15) is 0 Å². The summed E-state index contributed by atoms with van der Waals surface area (Å²) in [6.07, 6.45) is 4.25. The van der Waals surface area contributed by atoms with Gasteiger partial charge in [-0.1, -0.05) is 5.16 Å². The molecular weight excluding hydrogens is 146 g/mol. The lowest BCUT2D eigenvalue weighted by atomic mass is 10.3. The van der Waals surface area contributed by atoms with Gasteiger partial charge in [0.05, 0.1) is 0 Å². The molecule has 4 heteroatoms. The van der Waals surface area contributed by atoms with Gasteiger partial charge in [0.15, 0.2) is 0 Å². The minimum atomic E-state index is -0.434. The Balaban J connectivity index is 3.16. The fourth-order valence-electron chi connectivity index (χ4n) is 0.457. The number of rotatable bonds is 5. The molecule has 0 aromatic carbocycles. The van der Waals surface area contributed by atoms with E-state index >= 15 is 0 Å². The lowest BCUT2D eigenvalue weighted by Gasteiger charge is -1.88. The molecule has 0 heterocycles. The summed E-state index contributed by atoms with van der Waals surface area (Å²) in [7, 11) is 0. The van der Waals surface area contributed by atoms with Gasteiger partial charge in [0.25, 0.3) is 0 Å². The van der Waals surface area contributed by atoms with Crippen LogP contribution in [0.15, 0.2) is 5.16 Å². The molecule has 0 atom stereocenters. The third kappa shape index (κ3) is 8.81. The second-order valence-corrected chi connectivity index (χ2v) is 1.97. The van der Waals surface area contributed by atoms with E-state index in [-0.39, 0.29) is 0 Å². The molecule has 11 heavy (non-hydrogen) atoms. The van der Waals surface area contributed by atoms with Crippen molar-refractivity contribution in [1.82, 2.24) is 0 Å². The van der Waals surface area contributed by atoms with E-state index in [4.69, 9.17) is 0 Å². The Kier molecular flexibility index (Phi) is 6.17. The number of oxime groups is 1. The van der Waals surface area contributed by atoms with Crippen LogP contribution in [0.2, 0.25) is 0 Å². The molecule has 0 fully saturated rings. The molecule has 0 saturated heterocycles. The molecule has 0 radical (unpaired) electrons. The monoisotopic (exact) mass is 157 g/mol. The molecular formula is C7H11NO3. The molecule has 0 unspecified atom stereocenters. The molecule has 0 aromatic rings. The van der Waals surface area contributed by atoms with Crippen molar-refractivity contribution >= 4 is 18.5 Å². The van der Waals surface area contributed by atoms with Crippen molar-refractivity contribution in [1.29, 1.82) is 0 Å². The molecule has 0 rings (SSSR count). The van der Waals surface area contributed by atoms with Crippen LogP contribution in [0.4, 0.5) is 0 Å². The Morgan fingerprint density at radius 1 is 1.55 bits per heavy atom. The molecule has 0 saturated carbocycles. The standard InChI is InChI=1S/C7H11NO3/c1-7(10)11-8-5-3-2-4-6-9/h5-6H,2-4H2,1H3/b8-5+. The van der Waals surface area contributed by atoms with E-state index in [0.29, 0.717) is 12.8 Å². The first-order valence-electron chi connectivity index (χ1n) is 3.40. The van der Waals surface area contributed by atoms with Crippen molar-refractivity contribution in [2.45, 2.75) is 26.2 Å². The van der Waals surface area contributed by atoms with Crippen molar-refractivity contribution in [2.75, 3.05) is 0 Å². The van der Waals surface area contributed by atoms with Gasteiger partial charge in [-0.25, -0.2) is 4.79 Å². The second-order valence-electron chi connectivity index (χ2n) is 1.97. The zero-order chi connectivity index (χ0) is 8.53. The normalized spacial score (nSPS) is 9.91. The number of hydrogen-bond acceptors (Lipinski definition) is 4.